The van der Waals surface area contributed by atoms with E-state index in [0.717, 1.165) is 0 Å². The summed E-state index contributed by atoms with van der Waals surface area (Å²) in [5, 5.41) is 7.40. The topological polar surface area (TPSA) is 72.2 Å². The Morgan fingerprint density at radius 2 is 2.00 bits per heavy atom. The summed E-state index contributed by atoms with van der Waals surface area (Å²) in [7, 11) is -3.81. The lowest BCUT2D eigenvalue weighted by Gasteiger charge is -2.14. The number of rotatable bonds is 4. The molecule has 0 aliphatic rings. The molecule has 1 unspecified atom stereocenters. The molecule has 0 heterocycles. The summed E-state index contributed by atoms with van der Waals surface area (Å²) < 4.78 is 46.5. The van der Waals surface area contributed by atoms with Crippen molar-refractivity contribution in [1.82, 2.24) is 0 Å². The van der Waals surface area contributed by atoms with Gasteiger partial charge < -0.3 is 5.32 Å². The van der Waals surface area contributed by atoms with Gasteiger partial charge in [-0.2, -0.15) is 0 Å². The van der Waals surface area contributed by atoms with Crippen LogP contribution in [0.4, 0.5) is 14.5 Å². The first-order valence-electron chi connectivity index (χ1n) is 4.48. The average Bonchev–Trinajstić information content (AvgIpc) is 2.16. The first-order chi connectivity index (χ1) is 7.30. The SMILES string of the molecule is CC(Nc1cccc(S(N)(=O)=O)c1)C(F)F. The molecule has 7 heteroatoms. The highest BCUT2D eigenvalue weighted by Crippen LogP contribution is 2.16. The van der Waals surface area contributed by atoms with Crippen LogP contribution in [0.2, 0.25) is 0 Å². The molecule has 0 radical (unpaired) electrons. The number of halogens is 2. The van der Waals surface area contributed by atoms with Gasteiger partial charge in [-0.15, -0.1) is 0 Å². The molecule has 0 aliphatic heterocycles. The molecule has 4 nitrogen and oxygen atoms in total. The van der Waals surface area contributed by atoms with Crippen molar-refractivity contribution in [1.29, 1.82) is 0 Å². The molecular weight excluding hydrogens is 238 g/mol. The molecular formula is C9H12F2N2O2S. The molecule has 0 aromatic heterocycles. The highest BCUT2D eigenvalue weighted by molar-refractivity contribution is 7.89. The molecule has 0 bridgehead atoms. The van der Waals surface area contributed by atoms with Gasteiger partial charge in [0.1, 0.15) is 0 Å². The molecule has 0 amide bonds. The molecule has 0 aliphatic carbocycles. The van der Waals surface area contributed by atoms with Gasteiger partial charge in [-0.1, -0.05) is 6.07 Å². The summed E-state index contributed by atoms with van der Waals surface area (Å²) in [6.07, 6.45) is -2.53. The van der Waals surface area contributed by atoms with Crippen LogP contribution in [0.15, 0.2) is 29.2 Å². The van der Waals surface area contributed by atoms with Crippen molar-refractivity contribution >= 4 is 15.7 Å². The normalized spacial score (nSPS) is 13.8. The summed E-state index contributed by atoms with van der Waals surface area (Å²) in [4.78, 5) is -0.112. The molecule has 1 aromatic carbocycles. The van der Waals surface area contributed by atoms with E-state index >= 15 is 0 Å². The van der Waals surface area contributed by atoms with Crippen molar-refractivity contribution < 1.29 is 17.2 Å². The van der Waals surface area contributed by atoms with Gasteiger partial charge in [0.15, 0.2) is 0 Å². The smallest absolute Gasteiger partial charge is 0.258 e. The van der Waals surface area contributed by atoms with E-state index in [9.17, 15) is 17.2 Å². The molecule has 16 heavy (non-hydrogen) atoms. The molecule has 1 aromatic rings. The molecule has 0 spiro atoms. The highest BCUT2D eigenvalue weighted by atomic mass is 32.2. The third-order valence-corrected chi connectivity index (χ3v) is 2.85. The molecule has 1 rings (SSSR count). The van der Waals surface area contributed by atoms with Crippen molar-refractivity contribution in [3.8, 4) is 0 Å². The summed E-state index contributed by atoms with van der Waals surface area (Å²) in [6.45, 7) is 1.30. The number of benzene rings is 1. The van der Waals surface area contributed by atoms with E-state index in [4.69, 9.17) is 5.14 Å². The number of sulfonamides is 1. The Labute approximate surface area is 92.5 Å². The maximum absolute atomic E-state index is 12.2. The fourth-order valence-electron chi connectivity index (χ4n) is 1.09. The number of nitrogens with two attached hydrogens (primary N) is 1. The van der Waals surface area contributed by atoms with Crippen LogP contribution in [0, 0.1) is 0 Å². The van der Waals surface area contributed by atoms with E-state index in [0.29, 0.717) is 5.69 Å². The van der Waals surface area contributed by atoms with Gasteiger partial charge in [0.05, 0.1) is 10.9 Å². The molecule has 90 valence electrons. The number of hydrogen-bond donors (Lipinski definition) is 2. The second-order valence-electron chi connectivity index (χ2n) is 3.34. The first kappa shape index (κ1) is 12.9. The maximum atomic E-state index is 12.2. The van der Waals surface area contributed by atoms with Crippen molar-refractivity contribution in [2.75, 3.05) is 5.32 Å². The zero-order valence-electron chi connectivity index (χ0n) is 8.52. The predicted molar refractivity (Wildman–Crippen MR) is 56.9 cm³/mol. The number of anilines is 1. The Hall–Kier alpha value is -1.21. The summed E-state index contributed by atoms with van der Waals surface area (Å²) >= 11 is 0. The summed E-state index contributed by atoms with van der Waals surface area (Å²) in [5.74, 6) is 0. The van der Waals surface area contributed by atoms with Crippen LogP contribution in [-0.4, -0.2) is 20.9 Å². The van der Waals surface area contributed by atoms with Crippen LogP contribution in [0.3, 0.4) is 0 Å². The van der Waals surface area contributed by atoms with Crippen LogP contribution < -0.4 is 10.5 Å². The standard InChI is InChI=1S/C9H12F2N2O2S/c1-6(9(10)11)13-7-3-2-4-8(5-7)16(12,14)15/h2-6,9,13H,1H3,(H2,12,14,15). The zero-order valence-corrected chi connectivity index (χ0v) is 9.34. The lowest BCUT2D eigenvalue weighted by Crippen LogP contribution is -2.24. The zero-order chi connectivity index (χ0) is 12.3. The quantitative estimate of drug-likeness (QED) is 0.848. The Morgan fingerprint density at radius 3 is 2.50 bits per heavy atom. The maximum Gasteiger partial charge on any atom is 0.258 e. The second-order valence-corrected chi connectivity index (χ2v) is 4.90. The Morgan fingerprint density at radius 1 is 1.38 bits per heavy atom. The first-order valence-corrected chi connectivity index (χ1v) is 6.03. The third-order valence-electron chi connectivity index (χ3n) is 1.93. The largest absolute Gasteiger partial charge is 0.377 e. The Kier molecular flexibility index (Phi) is 3.82. The Bertz CT molecular complexity index is 462. The molecule has 0 saturated heterocycles. The van der Waals surface area contributed by atoms with Crippen LogP contribution in [0.5, 0.6) is 0 Å². The van der Waals surface area contributed by atoms with Crippen LogP contribution in [-0.2, 0) is 10.0 Å². The van der Waals surface area contributed by atoms with Crippen molar-refractivity contribution in [3.63, 3.8) is 0 Å². The minimum Gasteiger partial charge on any atom is -0.377 e. The highest BCUT2D eigenvalue weighted by Gasteiger charge is 2.15. The molecule has 0 fully saturated rings. The average molecular weight is 250 g/mol. The lowest BCUT2D eigenvalue weighted by atomic mass is 10.3. The minimum atomic E-state index is -3.81. The van der Waals surface area contributed by atoms with Gasteiger partial charge in [-0.05, 0) is 25.1 Å². The van der Waals surface area contributed by atoms with E-state index < -0.39 is 22.5 Å². The van der Waals surface area contributed by atoms with Crippen molar-refractivity contribution in [3.05, 3.63) is 24.3 Å². The third kappa shape index (κ3) is 3.42. The second kappa shape index (κ2) is 4.75. The Balaban J connectivity index is 2.92. The van der Waals surface area contributed by atoms with Gasteiger partial charge >= 0.3 is 0 Å². The molecule has 0 saturated carbocycles. The number of alkyl halides is 2. The number of nitrogens with one attached hydrogen (secondary N) is 1. The van der Waals surface area contributed by atoms with Crippen LogP contribution in [0.25, 0.3) is 0 Å². The van der Waals surface area contributed by atoms with E-state index in [1.165, 1.54) is 31.2 Å². The van der Waals surface area contributed by atoms with Gasteiger partial charge in [-0.3, -0.25) is 0 Å². The van der Waals surface area contributed by atoms with Crippen LogP contribution >= 0.6 is 0 Å². The van der Waals surface area contributed by atoms with Crippen LogP contribution in [0.1, 0.15) is 6.92 Å². The van der Waals surface area contributed by atoms with Gasteiger partial charge in [0.2, 0.25) is 10.0 Å². The van der Waals surface area contributed by atoms with E-state index in [2.05, 4.69) is 5.32 Å². The van der Waals surface area contributed by atoms with E-state index in [1.807, 2.05) is 0 Å². The van der Waals surface area contributed by atoms with E-state index in [1.54, 1.807) is 0 Å². The monoisotopic (exact) mass is 250 g/mol. The van der Waals surface area contributed by atoms with Crippen molar-refractivity contribution in [2.45, 2.75) is 24.3 Å². The van der Waals surface area contributed by atoms with Gasteiger partial charge in [-0.25, -0.2) is 22.3 Å². The number of hydrogen-bond acceptors (Lipinski definition) is 3. The fourth-order valence-corrected chi connectivity index (χ4v) is 1.65. The lowest BCUT2D eigenvalue weighted by molar-refractivity contribution is 0.130. The van der Waals surface area contributed by atoms with Crippen molar-refractivity contribution in [2.24, 2.45) is 5.14 Å². The molecule has 3 N–H and O–H groups in total. The minimum absolute atomic E-state index is 0.112. The van der Waals surface area contributed by atoms with Gasteiger partial charge in [0.25, 0.3) is 6.43 Å². The van der Waals surface area contributed by atoms with Gasteiger partial charge in [0, 0.05) is 5.69 Å². The molecule has 1 atom stereocenters. The fraction of sp³-hybridized carbons (Fsp3) is 0.333. The predicted octanol–water partition coefficient (Wildman–Crippen LogP) is 1.40. The summed E-state index contributed by atoms with van der Waals surface area (Å²) in [6, 6.07) is 4.38. The summed E-state index contributed by atoms with van der Waals surface area (Å²) in [5.41, 5.74) is 0.291. The van der Waals surface area contributed by atoms with E-state index in [-0.39, 0.29) is 4.90 Å². The number of primary sulfonamides is 1.